The van der Waals surface area contributed by atoms with Crippen molar-refractivity contribution in [2.75, 3.05) is 26.3 Å². The Labute approximate surface area is 116 Å². The normalized spacial score (nSPS) is 32.4. The van der Waals surface area contributed by atoms with E-state index in [1.54, 1.807) is 0 Å². The zero-order chi connectivity index (χ0) is 12.1. The van der Waals surface area contributed by atoms with E-state index >= 15 is 0 Å². The van der Waals surface area contributed by atoms with E-state index in [4.69, 9.17) is 4.74 Å². The van der Waals surface area contributed by atoms with Crippen LogP contribution in [-0.2, 0) is 9.53 Å². The molecule has 0 aromatic rings. The van der Waals surface area contributed by atoms with Crippen molar-refractivity contribution in [3.05, 3.63) is 0 Å². The first-order valence-corrected chi connectivity index (χ1v) is 6.84. The van der Waals surface area contributed by atoms with Crippen LogP contribution in [0.1, 0.15) is 32.6 Å². The number of carbonyl (C=O) groups is 1. The SMILES string of the molecule is CC1CCC(CNC(=O)C2COCCN2)CC1.Cl. The highest BCUT2D eigenvalue weighted by Crippen LogP contribution is 2.27. The summed E-state index contributed by atoms with van der Waals surface area (Å²) in [5.74, 6) is 1.65. The van der Waals surface area contributed by atoms with Crippen LogP contribution < -0.4 is 10.6 Å². The van der Waals surface area contributed by atoms with Gasteiger partial charge < -0.3 is 15.4 Å². The maximum Gasteiger partial charge on any atom is 0.239 e. The Hall–Kier alpha value is -0.320. The fourth-order valence-corrected chi connectivity index (χ4v) is 2.64. The highest BCUT2D eigenvalue weighted by Gasteiger charge is 2.23. The van der Waals surface area contributed by atoms with Gasteiger partial charge in [0.05, 0.1) is 13.2 Å². The van der Waals surface area contributed by atoms with Crippen LogP contribution in [-0.4, -0.2) is 38.3 Å². The molecule has 2 N–H and O–H groups in total. The van der Waals surface area contributed by atoms with Gasteiger partial charge in [-0.3, -0.25) is 4.79 Å². The first-order valence-electron chi connectivity index (χ1n) is 6.84. The number of rotatable bonds is 3. The monoisotopic (exact) mass is 276 g/mol. The van der Waals surface area contributed by atoms with E-state index in [0.717, 1.165) is 19.0 Å². The first kappa shape index (κ1) is 15.7. The lowest BCUT2D eigenvalue weighted by atomic mass is 9.83. The summed E-state index contributed by atoms with van der Waals surface area (Å²) < 4.78 is 5.29. The minimum atomic E-state index is -0.147. The van der Waals surface area contributed by atoms with Crippen LogP contribution in [0.3, 0.4) is 0 Å². The van der Waals surface area contributed by atoms with Crippen molar-refractivity contribution < 1.29 is 9.53 Å². The lowest BCUT2D eigenvalue weighted by Gasteiger charge is -2.28. The number of hydrogen-bond donors (Lipinski definition) is 2. The predicted octanol–water partition coefficient (Wildman–Crippen LogP) is 1.34. The first-order chi connectivity index (χ1) is 8.25. The Bertz CT molecular complexity index is 249. The summed E-state index contributed by atoms with van der Waals surface area (Å²) in [5.41, 5.74) is 0. The van der Waals surface area contributed by atoms with Crippen LogP contribution in [0.25, 0.3) is 0 Å². The third-order valence-corrected chi connectivity index (χ3v) is 3.94. The fourth-order valence-electron chi connectivity index (χ4n) is 2.64. The van der Waals surface area contributed by atoms with Gasteiger partial charge in [0, 0.05) is 13.1 Å². The van der Waals surface area contributed by atoms with Crippen molar-refractivity contribution in [2.45, 2.75) is 38.6 Å². The van der Waals surface area contributed by atoms with E-state index in [1.165, 1.54) is 25.7 Å². The summed E-state index contributed by atoms with van der Waals surface area (Å²) in [5, 5.41) is 6.23. The zero-order valence-electron chi connectivity index (χ0n) is 11.1. The van der Waals surface area contributed by atoms with E-state index in [-0.39, 0.29) is 24.4 Å². The van der Waals surface area contributed by atoms with Gasteiger partial charge >= 0.3 is 0 Å². The molecule has 106 valence electrons. The Morgan fingerprint density at radius 2 is 2.06 bits per heavy atom. The quantitative estimate of drug-likeness (QED) is 0.818. The molecule has 5 heteroatoms. The third-order valence-electron chi connectivity index (χ3n) is 3.94. The summed E-state index contributed by atoms with van der Waals surface area (Å²) in [4.78, 5) is 11.9. The fraction of sp³-hybridized carbons (Fsp3) is 0.923. The van der Waals surface area contributed by atoms with E-state index < -0.39 is 0 Å². The third kappa shape index (κ3) is 4.75. The van der Waals surface area contributed by atoms with Crippen LogP contribution in [0, 0.1) is 11.8 Å². The molecule has 2 fully saturated rings. The molecule has 2 rings (SSSR count). The molecule has 1 saturated heterocycles. The van der Waals surface area contributed by atoms with Gasteiger partial charge in [0.25, 0.3) is 0 Å². The Balaban J connectivity index is 0.00000162. The minimum Gasteiger partial charge on any atom is -0.378 e. The van der Waals surface area contributed by atoms with Gasteiger partial charge in [-0.25, -0.2) is 0 Å². The molecule has 1 unspecified atom stereocenters. The average molecular weight is 277 g/mol. The van der Waals surface area contributed by atoms with Crippen molar-refractivity contribution in [1.29, 1.82) is 0 Å². The predicted molar refractivity (Wildman–Crippen MR) is 74.0 cm³/mol. The maximum atomic E-state index is 11.9. The Kier molecular flexibility index (Phi) is 6.97. The van der Waals surface area contributed by atoms with Gasteiger partial charge in [-0.05, 0) is 24.7 Å². The van der Waals surface area contributed by atoms with Gasteiger partial charge in [-0.1, -0.05) is 19.8 Å². The molecule has 18 heavy (non-hydrogen) atoms. The molecule has 0 aromatic heterocycles. The second kappa shape index (κ2) is 7.97. The van der Waals surface area contributed by atoms with E-state index in [9.17, 15) is 4.79 Å². The lowest BCUT2D eigenvalue weighted by molar-refractivity contribution is -0.126. The molecular weight excluding hydrogens is 252 g/mol. The van der Waals surface area contributed by atoms with E-state index in [2.05, 4.69) is 17.6 Å². The number of carbonyl (C=O) groups excluding carboxylic acids is 1. The Morgan fingerprint density at radius 3 is 2.67 bits per heavy atom. The van der Waals surface area contributed by atoms with Gasteiger partial charge in [0.15, 0.2) is 0 Å². The minimum absolute atomic E-state index is 0. The average Bonchev–Trinajstić information content (AvgIpc) is 2.39. The number of morpholine rings is 1. The molecule has 0 radical (unpaired) electrons. The molecule has 2 aliphatic rings. The van der Waals surface area contributed by atoms with Crippen molar-refractivity contribution in [3.8, 4) is 0 Å². The topological polar surface area (TPSA) is 50.4 Å². The molecule has 0 spiro atoms. The van der Waals surface area contributed by atoms with Crippen LogP contribution >= 0.6 is 12.4 Å². The molecule has 1 heterocycles. The van der Waals surface area contributed by atoms with Crippen molar-refractivity contribution >= 4 is 18.3 Å². The van der Waals surface area contributed by atoms with Crippen LogP contribution in [0.15, 0.2) is 0 Å². The maximum absolute atomic E-state index is 11.9. The highest BCUT2D eigenvalue weighted by atomic mass is 35.5. The van der Waals surface area contributed by atoms with Crippen molar-refractivity contribution in [3.63, 3.8) is 0 Å². The summed E-state index contributed by atoms with van der Waals surface area (Å²) in [6.07, 6.45) is 5.14. The number of amides is 1. The molecular formula is C13H25ClN2O2. The summed E-state index contributed by atoms with van der Waals surface area (Å²) >= 11 is 0. The van der Waals surface area contributed by atoms with Gasteiger partial charge in [-0.2, -0.15) is 0 Å². The molecule has 0 bridgehead atoms. The summed E-state index contributed by atoms with van der Waals surface area (Å²) in [6, 6.07) is -0.147. The highest BCUT2D eigenvalue weighted by molar-refractivity contribution is 5.85. The van der Waals surface area contributed by atoms with Gasteiger partial charge in [0.1, 0.15) is 6.04 Å². The van der Waals surface area contributed by atoms with Gasteiger partial charge in [-0.15, -0.1) is 12.4 Å². The Morgan fingerprint density at radius 1 is 1.33 bits per heavy atom. The molecule has 1 aliphatic heterocycles. The molecule has 1 amide bonds. The number of ether oxygens (including phenoxy) is 1. The van der Waals surface area contributed by atoms with E-state index in [0.29, 0.717) is 19.1 Å². The molecule has 1 aliphatic carbocycles. The van der Waals surface area contributed by atoms with Crippen LogP contribution in [0.4, 0.5) is 0 Å². The molecule has 4 nitrogen and oxygen atoms in total. The van der Waals surface area contributed by atoms with Crippen LogP contribution in [0.2, 0.25) is 0 Å². The number of nitrogens with one attached hydrogen (secondary N) is 2. The van der Waals surface area contributed by atoms with Gasteiger partial charge in [0.2, 0.25) is 5.91 Å². The van der Waals surface area contributed by atoms with Crippen LogP contribution in [0.5, 0.6) is 0 Å². The summed E-state index contributed by atoms with van der Waals surface area (Å²) in [7, 11) is 0. The standard InChI is InChI=1S/C13H24N2O2.ClH/c1-10-2-4-11(5-3-10)8-15-13(16)12-9-17-7-6-14-12;/h10-12,14H,2-9H2,1H3,(H,15,16);1H. The lowest BCUT2D eigenvalue weighted by Crippen LogP contribution is -2.52. The molecule has 1 atom stereocenters. The smallest absolute Gasteiger partial charge is 0.239 e. The van der Waals surface area contributed by atoms with E-state index in [1.807, 2.05) is 0 Å². The zero-order valence-corrected chi connectivity index (χ0v) is 11.9. The molecule has 1 saturated carbocycles. The second-order valence-electron chi connectivity index (χ2n) is 5.45. The molecule has 0 aromatic carbocycles. The summed E-state index contributed by atoms with van der Waals surface area (Å²) in [6.45, 7) is 5.15. The van der Waals surface area contributed by atoms with Crippen molar-refractivity contribution in [2.24, 2.45) is 11.8 Å². The number of hydrogen-bond acceptors (Lipinski definition) is 3. The van der Waals surface area contributed by atoms with Crippen molar-refractivity contribution in [1.82, 2.24) is 10.6 Å². The second-order valence-corrected chi connectivity index (χ2v) is 5.45. The largest absolute Gasteiger partial charge is 0.378 e. The number of halogens is 1.